The minimum Gasteiger partial charge on any atom is -0.449 e. The summed E-state index contributed by atoms with van der Waals surface area (Å²) < 4.78 is 14.0. The zero-order chi connectivity index (χ0) is 6.41. The standard InChI is InChI=1S/CH10O4Si3/c1-3-8(2)5-7-4-6/h2,8H,7H2,1,6H3. The van der Waals surface area contributed by atoms with Gasteiger partial charge < -0.3 is 17.5 Å². The van der Waals surface area contributed by atoms with E-state index in [0.717, 1.165) is 0 Å². The minimum atomic E-state index is -2.24. The van der Waals surface area contributed by atoms with Gasteiger partial charge in [-0.05, 0) is 0 Å². The second-order valence-electron chi connectivity index (χ2n) is 1.12. The maximum Gasteiger partial charge on any atom is 0.471 e. The van der Waals surface area contributed by atoms with E-state index in [0.29, 0.717) is 10.5 Å². The lowest BCUT2D eigenvalue weighted by Gasteiger charge is -2.04. The summed E-state index contributed by atoms with van der Waals surface area (Å²) in [5, 5.41) is 0. The van der Waals surface area contributed by atoms with Crippen molar-refractivity contribution in [1.82, 2.24) is 0 Å². The summed E-state index contributed by atoms with van der Waals surface area (Å²) in [4.78, 5) is 8.65. The van der Waals surface area contributed by atoms with Crippen LogP contribution in [-0.4, -0.2) is 41.9 Å². The number of hydrogen-bond acceptors (Lipinski definition) is 4. The average molecular weight is 170 g/mol. The SMILES string of the molecule is CO[SiH](O)O[SiH2]O[SiH3]. The normalized spacial score (nSPS) is 15.8. The molecule has 4 nitrogen and oxygen atoms in total. The van der Waals surface area contributed by atoms with Gasteiger partial charge in [0.25, 0.3) is 10.0 Å². The number of hydrogen-bond donors (Lipinski definition) is 1. The smallest absolute Gasteiger partial charge is 0.449 e. The molecule has 0 bridgehead atoms. The van der Waals surface area contributed by atoms with E-state index < -0.39 is 19.5 Å². The van der Waals surface area contributed by atoms with Crippen molar-refractivity contribution >= 4 is 30.0 Å². The third-order valence-electron chi connectivity index (χ3n) is 0.530. The zero-order valence-corrected chi connectivity index (χ0v) is 9.53. The van der Waals surface area contributed by atoms with Gasteiger partial charge in [0.1, 0.15) is 10.5 Å². The van der Waals surface area contributed by atoms with Crippen molar-refractivity contribution in [2.45, 2.75) is 0 Å². The molecule has 1 unspecified atom stereocenters. The van der Waals surface area contributed by atoms with E-state index >= 15 is 0 Å². The topological polar surface area (TPSA) is 47.9 Å². The van der Waals surface area contributed by atoms with Crippen LogP contribution in [-0.2, 0) is 12.7 Å². The molecule has 0 aromatic carbocycles. The second kappa shape index (κ2) is 5.62. The van der Waals surface area contributed by atoms with Crippen LogP contribution in [0.5, 0.6) is 0 Å². The van der Waals surface area contributed by atoms with Crippen LogP contribution < -0.4 is 0 Å². The lowest BCUT2D eigenvalue weighted by Crippen LogP contribution is -2.23. The van der Waals surface area contributed by atoms with Gasteiger partial charge in [0.2, 0.25) is 0 Å². The minimum absolute atomic E-state index is 0.689. The molecule has 0 aromatic heterocycles. The van der Waals surface area contributed by atoms with Crippen molar-refractivity contribution < 1.29 is 17.5 Å². The Morgan fingerprint density at radius 3 is 2.75 bits per heavy atom. The van der Waals surface area contributed by atoms with E-state index in [-0.39, 0.29) is 0 Å². The van der Waals surface area contributed by atoms with Crippen molar-refractivity contribution in [3.8, 4) is 0 Å². The molecule has 0 saturated heterocycles. The van der Waals surface area contributed by atoms with Crippen LogP contribution in [0.2, 0.25) is 0 Å². The molecule has 0 aliphatic heterocycles. The van der Waals surface area contributed by atoms with Crippen LogP contribution in [0.25, 0.3) is 0 Å². The molecule has 0 aliphatic carbocycles. The van der Waals surface area contributed by atoms with Crippen molar-refractivity contribution in [3.63, 3.8) is 0 Å². The van der Waals surface area contributed by atoms with Gasteiger partial charge in [0.15, 0.2) is 0 Å². The fourth-order valence-corrected chi connectivity index (χ4v) is 2.97. The average Bonchev–Trinajstić information content (AvgIpc) is 1.83. The van der Waals surface area contributed by atoms with Gasteiger partial charge in [-0.2, -0.15) is 0 Å². The first-order chi connectivity index (χ1) is 3.81. The van der Waals surface area contributed by atoms with E-state index in [4.69, 9.17) is 13.0 Å². The molecule has 0 radical (unpaired) electrons. The quantitative estimate of drug-likeness (QED) is 0.448. The first-order valence-corrected chi connectivity index (χ1v) is 5.55. The third-order valence-corrected chi connectivity index (χ3v) is 3.56. The molecule has 0 rings (SSSR count). The van der Waals surface area contributed by atoms with Gasteiger partial charge in [-0.15, -0.1) is 0 Å². The molecule has 50 valence electrons. The van der Waals surface area contributed by atoms with Crippen molar-refractivity contribution in [2.75, 3.05) is 7.11 Å². The second-order valence-corrected chi connectivity index (χ2v) is 6.08. The Hall–Kier alpha value is 0.491. The molecule has 0 amide bonds. The van der Waals surface area contributed by atoms with Crippen molar-refractivity contribution in [2.24, 2.45) is 0 Å². The predicted molar refractivity (Wildman–Crippen MR) is 37.0 cm³/mol. The molecular formula is CH10O4Si3. The van der Waals surface area contributed by atoms with E-state index in [1.54, 1.807) is 0 Å². The molecule has 0 fully saturated rings. The summed E-state index contributed by atoms with van der Waals surface area (Å²) in [6.45, 7) is 0. The molecule has 0 spiro atoms. The van der Waals surface area contributed by atoms with Crippen LogP contribution in [0, 0.1) is 0 Å². The highest BCUT2D eigenvalue weighted by Gasteiger charge is 2.03. The van der Waals surface area contributed by atoms with Gasteiger partial charge in [0, 0.05) is 7.11 Å². The fraction of sp³-hybridized carbons (Fsp3) is 1.00. The lowest BCUT2D eigenvalue weighted by atomic mass is 11.8. The van der Waals surface area contributed by atoms with E-state index in [1.807, 2.05) is 0 Å². The summed E-state index contributed by atoms with van der Waals surface area (Å²) in [6, 6.07) is 0. The summed E-state index contributed by atoms with van der Waals surface area (Å²) in [5.74, 6) is 0. The lowest BCUT2D eigenvalue weighted by molar-refractivity contribution is 0.233. The first-order valence-electron chi connectivity index (χ1n) is 2.12. The Balaban J connectivity index is 2.86. The molecule has 0 saturated carbocycles. The molecule has 0 aliphatic rings. The van der Waals surface area contributed by atoms with Crippen LogP contribution in [0.4, 0.5) is 0 Å². The predicted octanol–water partition coefficient (Wildman–Crippen LogP) is -3.35. The largest absolute Gasteiger partial charge is 0.471 e. The van der Waals surface area contributed by atoms with Gasteiger partial charge in [0.05, 0.1) is 0 Å². The highest BCUT2D eigenvalue weighted by atomic mass is 28.4. The molecule has 0 aromatic rings. The maximum absolute atomic E-state index is 8.65. The Bertz CT molecular complexity index is 50.5. The van der Waals surface area contributed by atoms with Gasteiger partial charge in [-0.25, -0.2) is 0 Å². The van der Waals surface area contributed by atoms with Crippen LogP contribution in [0.15, 0.2) is 0 Å². The molecule has 8 heavy (non-hydrogen) atoms. The summed E-state index contributed by atoms with van der Waals surface area (Å²) in [7, 11) is -1.01. The summed E-state index contributed by atoms with van der Waals surface area (Å²) in [6.07, 6.45) is 0. The molecular weight excluding hydrogens is 160 g/mol. The fourth-order valence-electron chi connectivity index (χ4n) is 0.194. The van der Waals surface area contributed by atoms with Gasteiger partial charge in [-0.3, -0.25) is 0 Å². The monoisotopic (exact) mass is 170 g/mol. The highest BCUT2D eigenvalue weighted by Crippen LogP contribution is 1.76. The van der Waals surface area contributed by atoms with Crippen molar-refractivity contribution in [3.05, 3.63) is 0 Å². The Kier molecular flexibility index (Phi) is 5.97. The Morgan fingerprint density at radius 1 is 1.75 bits per heavy atom. The summed E-state index contributed by atoms with van der Waals surface area (Å²) >= 11 is 0. The van der Waals surface area contributed by atoms with Gasteiger partial charge >= 0.3 is 9.53 Å². The van der Waals surface area contributed by atoms with E-state index in [9.17, 15) is 0 Å². The van der Waals surface area contributed by atoms with E-state index in [1.165, 1.54) is 7.11 Å². The van der Waals surface area contributed by atoms with Crippen molar-refractivity contribution in [1.29, 1.82) is 0 Å². The maximum atomic E-state index is 8.65. The van der Waals surface area contributed by atoms with Crippen LogP contribution in [0.3, 0.4) is 0 Å². The molecule has 7 heteroatoms. The number of rotatable bonds is 4. The molecule has 0 heterocycles. The zero-order valence-electron chi connectivity index (χ0n) is 4.96. The first kappa shape index (κ1) is 8.49. The Morgan fingerprint density at radius 2 is 2.38 bits per heavy atom. The summed E-state index contributed by atoms with van der Waals surface area (Å²) in [5.41, 5.74) is 0. The third kappa shape index (κ3) is 4.64. The highest BCUT2D eigenvalue weighted by molar-refractivity contribution is 6.45. The van der Waals surface area contributed by atoms with E-state index in [2.05, 4.69) is 4.43 Å². The van der Waals surface area contributed by atoms with Crippen LogP contribution >= 0.6 is 0 Å². The molecule has 1 N–H and O–H groups in total. The molecule has 1 atom stereocenters. The Labute approximate surface area is 55.3 Å². The van der Waals surface area contributed by atoms with Crippen LogP contribution in [0.1, 0.15) is 0 Å². The van der Waals surface area contributed by atoms with Gasteiger partial charge in [-0.1, -0.05) is 0 Å².